The Bertz CT molecular complexity index is 1310. The SMILES string of the molecule is CC(C)OC(=O)Nc1ccc(-c2c(N)c3ccc(Oc4ccncn4)cc3n2C2CCC2)cc1. The molecule has 8 nitrogen and oxygen atoms in total. The van der Waals surface area contributed by atoms with Crippen LogP contribution >= 0.6 is 0 Å². The van der Waals surface area contributed by atoms with E-state index >= 15 is 0 Å². The third-order valence-corrected chi connectivity index (χ3v) is 5.98. The molecular weight excluding hydrogens is 430 g/mol. The van der Waals surface area contributed by atoms with Crippen molar-refractivity contribution in [2.75, 3.05) is 11.1 Å². The Kier molecular flexibility index (Phi) is 5.79. The van der Waals surface area contributed by atoms with E-state index in [1.54, 1.807) is 12.3 Å². The molecule has 1 aliphatic carbocycles. The molecule has 3 N–H and O–H groups in total. The Morgan fingerprint density at radius 3 is 2.59 bits per heavy atom. The number of hydrogen-bond acceptors (Lipinski definition) is 6. The maximum Gasteiger partial charge on any atom is 0.411 e. The average Bonchev–Trinajstić information content (AvgIpc) is 3.05. The predicted molar refractivity (Wildman–Crippen MR) is 132 cm³/mol. The van der Waals surface area contributed by atoms with Gasteiger partial charge in [0.25, 0.3) is 0 Å². The molecule has 0 aliphatic heterocycles. The number of nitrogens with zero attached hydrogens (tertiary/aromatic N) is 3. The average molecular weight is 458 g/mol. The van der Waals surface area contributed by atoms with E-state index in [2.05, 4.69) is 19.9 Å². The van der Waals surface area contributed by atoms with Crippen LogP contribution in [0, 0.1) is 0 Å². The number of hydrogen-bond donors (Lipinski definition) is 2. The Morgan fingerprint density at radius 1 is 1.15 bits per heavy atom. The van der Waals surface area contributed by atoms with Crippen molar-refractivity contribution in [1.29, 1.82) is 0 Å². The van der Waals surface area contributed by atoms with E-state index in [9.17, 15) is 4.79 Å². The fraction of sp³-hybridized carbons (Fsp3) is 0.269. The van der Waals surface area contributed by atoms with Gasteiger partial charge in [0.1, 0.15) is 12.1 Å². The van der Waals surface area contributed by atoms with Gasteiger partial charge in [0.15, 0.2) is 0 Å². The number of aromatic nitrogens is 3. The summed E-state index contributed by atoms with van der Waals surface area (Å²) >= 11 is 0. The molecule has 1 saturated carbocycles. The third-order valence-electron chi connectivity index (χ3n) is 5.98. The number of rotatable bonds is 6. The lowest BCUT2D eigenvalue weighted by Gasteiger charge is -2.30. The van der Waals surface area contributed by atoms with E-state index in [1.165, 1.54) is 12.7 Å². The summed E-state index contributed by atoms with van der Waals surface area (Å²) in [6.45, 7) is 3.63. The largest absolute Gasteiger partial charge is 0.447 e. The van der Waals surface area contributed by atoms with Crippen LogP contribution in [-0.4, -0.2) is 26.7 Å². The molecule has 174 valence electrons. The second kappa shape index (κ2) is 9.05. The van der Waals surface area contributed by atoms with Crippen LogP contribution in [0.1, 0.15) is 39.2 Å². The standard InChI is InChI=1S/C26H27N5O3/c1-16(2)33-26(32)30-18-8-6-17(7-9-18)25-24(27)21-11-10-20(34-23-12-13-28-15-29-23)14-22(21)31(25)19-4-3-5-19/h6-16,19H,3-5,27H2,1-2H3,(H,30,32). The van der Waals surface area contributed by atoms with Crippen LogP contribution in [0.4, 0.5) is 16.2 Å². The maximum absolute atomic E-state index is 11.9. The molecule has 8 heteroatoms. The minimum atomic E-state index is -0.470. The number of nitrogens with two attached hydrogens (primary N) is 1. The zero-order valence-corrected chi connectivity index (χ0v) is 19.2. The van der Waals surface area contributed by atoms with E-state index in [1.807, 2.05) is 56.3 Å². The summed E-state index contributed by atoms with van der Waals surface area (Å²) in [6, 6.07) is 15.7. The molecule has 5 rings (SSSR count). The molecule has 1 aliphatic rings. The summed E-state index contributed by atoms with van der Waals surface area (Å²) in [5.74, 6) is 1.18. The highest BCUT2D eigenvalue weighted by Crippen LogP contribution is 2.45. The molecule has 0 spiro atoms. The Morgan fingerprint density at radius 2 is 1.94 bits per heavy atom. The molecule has 2 aromatic carbocycles. The van der Waals surface area contributed by atoms with Gasteiger partial charge in [-0.05, 0) is 57.4 Å². The van der Waals surface area contributed by atoms with Crippen LogP contribution in [0.5, 0.6) is 11.6 Å². The monoisotopic (exact) mass is 457 g/mol. The highest BCUT2D eigenvalue weighted by molar-refractivity contribution is 6.01. The molecule has 0 radical (unpaired) electrons. The first-order valence-electron chi connectivity index (χ1n) is 11.4. The zero-order valence-electron chi connectivity index (χ0n) is 19.2. The molecule has 34 heavy (non-hydrogen) atoms. The lowest BCUT2D eigenvalue weighted by molar-refractivity contribution is 0.130. The quantitative estimate of drug-likeness (QED) is 0.360. The summed E-state index contributed by atoms with van der Waals surface area (Å²) in [6.07, 6.45) is 5.86. The normalized spacial score (nSPS) is 13.6. The zero-order chi connectivity index (χ0) is 23.7. The van der Waals surface area contributed by atoms with Crippen LogP contribution in [0.2, 0.25) is 0 Å². The third kappa shape index (κ3) is 4.26. The van der Waals surface area contributed by atoms with Gasteiger partial charge >= 0.3 is 6.09 Å². The van der Waals surface area contributed by atoms with Gasteiger partial charge in [0.05, 0.1) is 23.0 Å². The number of benzene rings is 2. The first-order chi connectivity index (χ1) is 16.5. The number of fused-ring (bicyclic) bond motifs is 1. The number of nitrogens with one attached hydrogen (secondary N) is 1. The van der Waals surface area contributed by atoms with Crippen LogP contribution in [0.15, 0.2) is 61.1 Å². The highest BCUT2D eigenvalue weighted by Gasteiger charge is 2.27. The molecule has 0 saturated heterocycles. The molecule has 1 amide bonds. The lowest BCUT2D eigenvalue weighted by Crippen LogP contribution is -2.18. The number of carbonyl (C=O) groups is 1. The van der Waals surface area contributed by atoms with E-state index in [0.717, 1.165) is 40.7 Å². The minimum absolute atomic E-state index is 0.180. The van der Waals surface area contributed by atoms with Crippen LogP contribution in [-0.2, 0) is 4.74 Å². The van der Waals surface area contributed by atoms with Crippen molar-refractivity contribution in [2.45, 2.75) is 45.3 Å². The summed E-state index contributed by atoms with van der Waals surface area (Å²) in [4.78, 5) is 20.0. The van der Waals surface area contributed by atoms with E-state index < -0.39 is 6.09 Å². The summed E-state index contributed by atoms with van der Waals surface area (Å²) in [7, 11) is 0. The molecule has 0 unspecified atom stereocenters. The molecule has 1 fully saturated rings. The van der Waals surface area contributed by atoms with E-state index in [4.69, 9.17) is 15.2 Å². The van der Waals surface area contributed by atoms with Crippen molar-refractivity contribution in [1.82, 2.24) is 14.5 Å². The van der Waals surface area contributed by atoms with E-state index in [-0.39, 0.29) is 6.10 Å². The van der Waals surface area contributed by atoms with Crippen LogP contribution in [0.3, 0.4) is 0 Å². The smallest absolute Gasteiger partial charge is 0.411 e. The van der Waals surface area contributed by atoms with Crippen molar-refractivity contribution >= 4 is 28.4 Å². The van der Waals surface area contributed by atoms with Crippen molar-refractivity contribution in [3.63, 3.8) is 0 Å². The van der Waals surface area contributed by atoms with Crippen molar-refractivity contribution in [3.8, 4) is 22.9 Å². The topological polar surface area (TPSA) is 104 Å². The minimum Gasteiger partial charge on any atom is -0.447 e. The molecule has 0 bridgehead atoms. The number of nitrogen functional groups attached to an aromatic ring is 1. The fourth-order valence-corrected chi connectivity index (χ4v) is 4.23. The molecular formula is C26H27N5O3. The molecule has 4 aromatic rings. The van der Waals surface area contributed by atoms with E-state index in [0.29, 0.717) is 23.4 Å². The van der Waals surface area contributed by atoms with Crippen LogP contribution < -0.4 is 15.8 Å². The Labute approximate surface area is 197 Å². The number of carbonyl (C=O) groups excluding carboxylic acids is 1. The second-order valence-electron chi connectivity index (χ2n) is 8.70. The number of ether oxygens (including phenoxy) is 2. The second-order valence-corrected chi connectivity index (χ2v) is 8.70. The van der Waals surface area contributed by atoms with Crippen molar-refractivity contribution < 1.29 is 14.3 Å². The number of amides is 1. The van der Waals surface area contributed by atoms with Crippen molar-refractivity contribution in [2.24, 2.45) is 0 Å². The molecule has 2 heterocycles. The molecule has 0 atom stereocenters. The van der Waals surface area contributed by atoms with Gasteiger partial charge in [-0.15, -0.1) is 0 Å². The first-order valence-corrected chi connectivity index (χ1v) is 11.4. The van der Waals surface area contributed by atoms with Gasteiger partial charge in [-0.2, -0.15) is 0 Å². The van der Waals surface area contributed by atoms with Gasteiger partial charge < -0.3 is 19.8 Å². The number of anilines is 2. The Hall–Kier alpha value is -4.07. The van der Waals surface area contributed by atoms with Crippen LogP contribution in [0.25, 0.3) is 22.2 Å². The van der Waals surface area contributed by atoms with Gasteiger partial charge in [0, 0.05) is 41.0 Å². The maximum atomic E-state index is 11.9. The van der Waals surface area contributed by atoms with Gasteiger partial charge in [-0.25, -0.2) is 14.8 Å². The van der Waals surface area contributed by atoms with Gasteiger partial charge in [-0.3, -0.25) is 5.32 Å². The molecule has 2 aromatic heterocycles. The summed E-state index contributed by atoms with van der Waals surface area (Å²) < 4.78 is 13.4. The van der Waals surface area contributed by atoms with Gasteiger partial charge in [0.2, 0.25) is 5.88 Å². The highest BCUT2D eigenvalue weighted by atomic mass is 16.6. The van der Waals surface area contributed by atoms with Gasteiger partial charge in [-0.1, -0.05) is 12.1 Å². The summed E-state index contributed by atoms with van der Waals surface area (Å²) in [5, 5.41) is 3.74. The first kappa shape index (κ1) is 21.8. The Balaban J connectivity index is 1.51. The fourth-order valence-electron chi connectivity index (χ4n) is 4.23. The lowest BCUT2D eigenvalue weighted by atomic mass is 9.92. The predicted octanol–water partition coefficient (Wildman–Crippen LogP) is 6.15. The summed E-state index contributed by atoms with van der Waals surface area (Å²) in [5.41, 5.74) is 11.1. The van der Waals surface area contributed by atoms with Crippen molar-refractivity contribution in [3.05, 3.63) is 61.1 Å².